The third-order valence-corrected chi connectivity index (χ3v) is 4.30. The summed E-state index contributed by atoms with van der Waals surface area (Å²) in [6.45, 7) is 4.82. The Morgan fingerprint density at radius 1 is 1.33 bits per heavy atom. The molecule has 6 nitrogen and oxygen atoms in total. The number of carboxylic acids is 2. The van der Waals surface area contributed by atoms with Crippen LogP contribution in [0.25, 0.3) is 0 Å². The molecule has 2 rings (SSSR count). The van der Waals surface area contributed by atoms with Crippen LogP contribution in [0.1, 0.15) is 27.2 Å². The van der Waals surface area contributed by atoms with Crippen LogP contribution in [0.4, 0.5) is 0 Å². The van der Waals surface area contributed by atoms with Gasteiger partial charge in [-0.25, -0.2) is 4.79 Å². The Hall–Kier alpha value is -2.24. The molecule has 21 heavy (non-hydrogen) atoms. The van der Waals surface area contributed by atoms with E-state index in [1.54, 1.807) is 13.8 Å². The van der Waals surface area contributed by atoms with Crippen LogP contribution in [0.15, 0.2) is 34.8 Å². The van der Waals surface area contributed by atoms with Crippen molar-refractivity contribution >= 4 is 11.9 Å². The largest absolute Gasteiger partial charge is 0.493 e. The van der Waals surface area contributed by atoms with E-state index in [0.29, 0.717) is 16.9 Å². The van der Waals surface area contributed by atoms with Gasteiger partial charge < -0.3 is 19.7 Å². The molecule has 114 valence electrons. The first kappa shape index (κ1) is 15.2. The Morgan fingerprint density at radius 3 is 2.38 bits per heavy atom. The number of hydrogen-bond donors (Lipinski definition) is 2. The van der Waals surface area contributed by atoms with Gasteiger partial charge in [0.05, 0.1) is 7.11 Å². The fourth-order valence-corrected chi connectivity index (χ4v) is 2.91. The number of rotatable bonds is 4. The van der Waals surface area contributed by atoms with Gasteiger partial charge in [-0.3, -0.25) is 4.79 Å². The first-order valence-electron chi connectivity index (χ1n) is 6.60. The summed E-state index contributed by atoms with van der Waals surface area (Å²) in [5, 5.41) is 19.1. The molecule has 0 bridgehead atoms. The molecule has 2 aliphatic rings. The second-order valence-corrected chi connectivity index (χ2v) is 5.33. The first-order chi connectivity index (χ1) is 9.74. The summed E-state index contributed by atoms with van der Waals surface area (Å²) in [7, 11) is 1.43. The average molecular weight is 294 g/mol. The standard InChI is InChI=1S/C15H18O6/c1-5-15(13(18)19)8(2)10-11(21-15)9(20-4)6-7-14(10,3)12(16)17/h6-7H,5H2,1-4H3,(H,16,17)(H,18,19). The number of carbonyl (C=O) groups is 2. The monoisotopic (exact) mass is 294 g/mol. The third-order valence-electron chi connectivity index (χ3n) is 4.30. The fraction of sp³-hybridized carbons (Fsp3) is 0.467. The normalized spacial score (nSPS) is 31.0. The first-order valence-corrected chi connectivity index (χ1v) is 6.60. The van der Waals surface area contributed by atoms with Crippen LogP contribution in [-0.4, -0.2) is 34.9 Å². The molecule has 0 aromatic carbocycles. The fourth-order valence-electron chi connectivity index (χ4n) is 2.91. The molecule has 0 aromatic rings. The van der Waals surface area contributed by atoms with E-state index in [0.717, 1.165) is 0 Å². The highest BCUT2D eigenvalue weighted by molar-refractivity contribution is 5.89. The van der Waals surface area contributed by atoms with Crippen LogP contribution in [0, 0.1) is 5.41 Å². The summed E-state index contributed by atoms with van der Waals surface area (Å²) in [5.74, 6) is -1.67. The lowest BCUT2D eigenvalue weighted by molar-refractivity contribution is -0.155. The zero-order valence-corrected chi connectivity index (χ0v) is 12.4. The number of ether oxygens (including phenoxy) is 2. The molecule has 1 aliphatic heterocycles. The lowest BCUT2D eigenvalue weighted by Gasteiger charge is -2.27. The van der Waals surface area contributed by atoms with Crippen LogP contribution in [0.2, 0.25) is 0 Å². The number of carboxylic acid groups (broad SMARTS) is 2. The predicted molar refractivity (Wildman–Crippen MR) is 73.4 cm³/mol. The predicted octanol–water partition coefficient (Wildman–Crippen LogP) is 2.09. The Bertz CT molecular complexity index is 612. The Kier molecular flexibility index (Phi) is 3.35. The van der Waals surface area contributed by atoms with Gasteiger partial charge in [0.15, 0.2) is 11.5 Å². The van der Waals surface area contributed by atoms with Gasteiger partial charge in [-0.2, -0.15) is 0 Å². The zero-order chi connectivity index (χ0) is 16.0. The van der Waals surface area contributed by atoms with E-state index in [2.05, 4.69) is 0 Å². The molecule has 2 N–H and O–H groups in total. The molecule has 0 saturated heterocycles. The molecule has 1 heterocycles. The maximum atomic E-state index is 11.7. The SMILES string of the molecule is CCC1(C(=O)O)OC2=C(OC)C=CC(C)(C(=O)O)C2=C1C. The summed E-state index contributed by atoms with van der Waals surface area (Å²) in [5.41, 5.74) is -2.12. The maximum absolute atomic E-state index is 11.7. The van der Waals surface area contributed by atoms with E-state index in [1.807, 2.05) is 0 Å². The molecule has 0 fully saturated rings. The topological polar surface area (TPSA) is 93.1 Å². The number of hydrogen-bond acceptors (Lipinski definition) is 4. The number of methoxy groups -OCH3 is 1. The molecule has 0 radical (unpaired) electrons. The Labute approximate surface area is 122 Å². The molecule has 6 heteroatoms. The van der Waals surface area contributed by atoms with Crippen molar-refractivity contribution in [3.05, 3.63) is 34.8 Å². The van der Waals surface area contributed by atoms with Crippen molar-refractivity contribution in [1.29, 1.82) is 0 Å². The van der Waals surface area contributed by atoms with Gasteiger partial charge in [-0.05, 0) is 31.9 Å². The van der Waals surface area contributed by atoms with E-state index < -0.39 is 23.0 Å². The molecule has 2 unspecified atom stereocenters. The number of fused-ring (bicyclic) bond motifs is 1. The van der Waals surface area contributed by atoms with E-state index in [4.69, 9.17) is 9.47 Å². The van der Waals surface area contributed by atoms with Crippen molar-refractivity contribution in [2.45, 2.75) is 32.8 Å². The van der Waals surface area contributed by atoms with Gasteiger partial charge >= 0.3 is 11.9 Å². The minimum Gasteiger partial charge on any atom is -0.493 e. The molecule has 0 amide bonds. The van der Waals surface area contributed by atoms with Crippen LogP contribution in [-0.2, 0) is 19.1 Å². The van der Waals surface area contributed by atoms with E-state index in [9.17, 15) is 19.8 Å². The third kappa shape index (κ3) is 1.78. The highest BCUT2D eigenvalue weighted by Crippen LogP contribution is 2.52. The van der Waals surface area contributed by atoms with Crippen molar-refractivity contribution < 1.29 is 29.3 Å². The van der Waals surface area contributed by atoms with Crippen molar-refractivity contribution in [3.8, 4) is 0 Å². The van der Waals surface area contributed by atoms with Gasteiger partial charge in [0, 0.05) is 5.57 Å². The van der Waals surface area contributed by atoms with E-state index in [1.165, 1.54) is 26.2 Å². The molecular weight excluding hydrogens is 276 g/mol. The van der Waals surface area contributed by atoms with Crippen molar-refractivity contribution in [1.82, 2.24) is 0 Å². The van der Waals surface area contributed by atoms with E-state index >= 15 is 0 Å². The van der Waals surface area contributed by atoms with Gasteiger partial charge in [-0.15, -0.1) is 0 Å². The minimum absolute atomic E-state index is 0.188. The van der Waals surface area contributed by atoms with Gasteiger partial charge in [0.25, 0.3) is 0 Å². The van der Waals surface area contributed by atoms with Crippen molar-refractivity contribution in [2.75, 3.05) is 7.11 Å². The van der Waals surface area contributed by atoms with E-state index in [-0.39, 0.29) is 12.2 Å². The summed E-state index contributed by atoms with van der Waals surface area (Å²) < 4.78 is 10.9. The second kappa shape index (κ2) is 4.65. The zero-order valence-electron chi connectivity index (χ0n) is 12.4. The minimum atomic E-state index is -1.54. The quantitative estimate of drug-likeness (QED) is 0.824. The Balaban J connectivity index is 2.78. The highest BCUT2D eigenvalue weighted by Gasteiger charge is 2.56. The summed E-state index contributed by atoms with van der Waals surface area (Å²) >= 11 is 0. The van der Waals surface area contributed by atoms with Gasteiger partial charge in [0.2, 0.25) is 5.60 Å². The van der Waals surface area contributed by atoms with Crippen LogP contribution >= 0.6 is 0 Å². The van der Waals surface area contributed by atoms with Crippen LogP contribution in [0.5, 0.6) is 0 Å². The molecule has 2 atom stereocenters. The Morgan fingerprint density at radius 2 is 1.95 bits per heavy atom. The average Bonchev–Trinajstić information content (AvgIpc) is 2.74. The lowest BCUT2D eigenvalue weighted by Crippen LogP contribution is -2.39. The highest BCUT2D eigenvalue weighted by atomic mass is 16.6. The summed E-state index contributed by atoms with van der Waals surface area (Å²) in [4.78, 5) is 23.4. The molecule has 0 aromatic heterocycles. The molecule has 0 saturated carbocycles. The summed E-state index contributed by atoms with van der Waals surface area (Å²) in [6, 6.07) is 0. The van der Waals surface area contributed by atoms with Gasteiger partial charge in [-0.1, -0.05) is 13.0 Å². The second-order valence-electron chi connectivity index (χ2n) is 5.33. The van der Waals surface area contributed by atoms with Gasteiger partial charge in [0.1, 0.15) is 5.41 Å². The molecule has 0 spiro atoms. The molecular formula is C15H18O6. The number of allylic oxidation sites excluding steroid dienone is 2. The number of aliphatic carboxylic acids is 2. The maximum Gasteiger partial charge on any atom is 0.352 e. The smallest absolute Gasteiger partial charge is 0.352 e. The van der Waals surface area contributed by atoms with Crippen molar-refractivity contribution in [3.63, 3.8) is 0 Å². The summed E-state index contributed by atoms with van der Waals surface area (Å²) in [6.07, 6.45) is 3.19. The molecule has 1 aliphatic carbocycles. The van der Waals surface area contributed by atoms with Crippen LogP contribution in [0.3, 0.4) is 0 Å². The van der Waals surface area contributed by atoms with Crippen LogP contribution < -0.4 is 0 Å². The lowest BCUT2D eigenvalue weighted by atomic mass is 9.74. The van der Waals surface area contributed by atoms with Crippen molar-refractivity contribution in [2.24, 2.45) is 5.41 Å².